The Bertz CT molecular complexity index is 597. The maximum absolute atomic E-state index is 12.2. The molecule has 170 valence electrons. The van der Waals surface area contributed by atoms with Gasteiger partial charge in [-0.1, -0.05) is 19.9 Å². The van der Waals surface area contributed by atoms with E-state index in [1.165, 1.54) is 0 Å². The maximum atomic E-state index is 12.2. The van der Waals surface area contributed by atoms with Crippen LogP contribution in [0.2, 0.25) is 0 Å². The van der Waals surface area contributed by atoms with E-state index < -0.39 is 6.23 Å². The standard InChI is InChI=1S/C22H36N2O6/c1-18(2)8-9-24-22(26)19-6-5-7-20(16-19)30-17-21(23)29-15-14-28-13-12-27-11-4-3-10-25/h5-7,10,16,18,21H,3-4,8-9,11-15,17,23H2,1-2H3,(H,24,26). The lowest BCUT2D eigenvalue weighted by Gasteiger charge is -2.15. The van der Waals surface area contributed by atoms with Crippen molar-refractivity contribution in [1.82, 2.24) is 5.32 Å². The average Bonchev–Trinajstić information content (AvgIpc) is 2.73. The van der Waals surface area contributed by atoms with Crippen LogP contribution in [0.15, 0.2) is 24.3 Å². The van der Waals surface area contributed by atoms with Gasteiger partial charge in [-0.05, 0) is 37.0 Å². The number of benzene rings is 1. The minimum absolute atomic E-state index is 0.119. The Morgan fingerprint density at radius 2 is 1.87 bits per heavy atom. The van der Waals surface area contributed by atoms with Gasteiger partial charge in [-0.25, -0.2) is 0 Å². The number of ether oxygens (including phenoxy) is 4. The van der Waals surface area contributed by atoms with Crippen LogP contribution in [0.3, 0.4) is 0 Å². The highest BCUT2D eigenvalue weighted by atomic mass is 16.6. The average molecular weight is 425 g/mol. The number of hydrogen-bond acceptors (Lipinski definition) is 7. The molecule has 0 bridgehead atoms. The van der Waals surface area contributed by atoms with Gasteiger partial charge in [0, 0.05) is 25.1 Å². The second kappa shape index (κ2) is 16.8. The normalized spacial score (nSPS) is 12.0. The van der Waals surface area contributed by atoms with Crippen molar-refractivity contribution in [2.45, 2.75) is 39.3 Å². The van der Waals surface area contributed by atoms with E-state index in [-0.39, 0.29) is 12.5 Å². The Kier molecular flexibility index (Phi) is 14.5. The molecule has 0 spiro atoms. The highest BCUT2D eigenvalue weighted by Gasteiger charge is 2.08. The number of unbranched alkanes of at least 4 members (excludes halogenated alkanes) is 1. The number of aldehydes is 1. The van der Waals surface area contributed by atoms with Gasteiger partial charge in [-0.2, -0.15) is 0 Å². The monoisotopic (exact) mass is 424 g/mol. The van der Waals surface area contributed by atoms with E-state index in [1.807, 2.05) is 0 Å². The van der Waals surface area contributed by atoms with Gasteiger partial charge in [-0.3, -0.25) is 4.79 Å². The predicted octanol–water partition coefficient (Wildman–Crippen LogP) is 2.16. The molecule has 3 N–H and O–H groups in total. The number of hydrogen-bond donors (Lipinski definition) is 2. The van der Waals surface area contributed by atoms with Crippen molar-refractivity contribution >= 4 is 12.2 Å². The quantitative estimate of drug-likeness (QED) is 0.211. The van der Waals surface area contributed by atoms with Crippen LogP contribution in [-0.4, -0.2) is 64.6 Å². The SMILES string of the molecule is CC(C)CCNC(=O)c1cccc(OCC(N)OCCOCCOCCCC=O)c1. The summed E-state index contributed by atoms with van der Waals surface area (Å²) in [5.41, 5.74) is 6.44. The molecule has 1 unspecified atom stereocenters. The summed E-state index contributed by atoms with van der Waals surface area (Å²) in [6, 6.07) is 6.98. The van der Waals surface area contributed by atoms with Gasteiger partial charge in [0.15, 0.2) is 0 Å². The number of nitrogens with one attached hydrogen (secondary N) is 1. The van der Waals surface area contributed by atoms with Crippen LogP contribution in [0.25, 0.3) is 0 Å². The fraction of sp³-hybridized carbons (Fsp3) is 0.636. The molecule has 0 saturated heterocycles. The summed E-state index contributed by atoms with van der Waals surface area (Å²) in [6.45, 7) is 7.29. The zero-order valence-corrected chi connectivity index (χ0v) is 18.1. The predicted molar refractivity (Wildman–Crippen MR) is 115 cm³/mol. The van der Waals surface area contributed by atoms with Crippen LogP contribution >= 0.6 is 0 Å². The van der Waals surface area contributed by atoms with Crippen LogP contribution in [0, 0.1) is 5.92 Å². The van der Waals surface area contributed by atoms with E-state index >= 15 is 0 Å². The first kappa shape index (κ1) is 26.0. The van der Waals surface area contributed by atoms with E-state index in [4.69, 9.17) is 24.7 Å². The third-order valence-corrected chi connectivity index (χ3v) is 4.06. The molecule has 0 aromatic heterocycles. The summed E-state index contributed by atoms with van der Waals surface area (Å²) < 4.78 is 21.8. The molecule has 0 radical (unpaired) electrons. The van der Waals surface area contributed by atoms with Gasteiger partial charge in [0.2, 0.25) is 0 Å². The minimum Gasteiger partial charge on any atom is -0.489 e. The zero-order valence-electron chi connectivity index (χ0n) is 18.1. The molecule has 1 rings (SSSR count). The maximum Gasteiger partial charge on any atom is 0.251 e. The summed E-state index contributed by atoms with van der Waals surface area (Å²) in [5, 5.41) is 2.90. The second-order valence-electron chi connectivity index (χ2n) is 7.22. The molecule has 0 aliphatic carbocycles. The van der Waals surface area contributed by atoms with Crippen molar-refractivity contribution in [2.24, 2.45) is 11.7 Å². The molecule has 1 aromatic carbocycles. The molecule has 1 atom stereocenters. The van der Waals surface area contributed by atoms with E-state index in [0.29, 0.717) is 63.2 Å². The van der Waals surface area contributed by atoms with E-state index in [2.05, 4.69) is 19.2 Å². The number of rotatable bonds is 18. The van der Waals surface area contributed by atoms with Gasteiger partial charge in [0.1, 0.15) is 24.9 Å². The molecule has 0 fully saturated rings. The minimum atomic E-state index is -0.600. The topological polar surface area (TPSA) is 109 Å². The number of amides is 1. The lowest BCUT2D eigenvalue weighted by atomic mass is 10.1. The molecule has 0 aliphatic heterocycles. The molecule has 8 heteroatoms. The molecule has 1 amide bonds. The fourth-order valence-electron chi connectivity index (χ4n) is 2.38. The van der Waals surface area contributed by atoms with Crippen LogP contribution in [0.4, 0.5) is 0 Å². The molecule has 1 aromatic rings. The van der Waals surface area contributed by atoms with Crippen LogP contribution in [0.1, 0.15) is 43.5 Å². The Hall–Kier alpha value is -2.00. The first-order valence-corrected chi connectivity index (χ1v) is 10.5. The molecule has 0 aliphatic rings. The zero-order chi connectivity index (χ0) is 22.0. The smallest absolute Gasteiger partial charge is 0.251 e. The number of nitrogens with two attached hydrogens (primary N) is 1. The van der Waals surface area contributed by atoms with Gasteiger partial charge in [0.25, 0.3) is 5.91 Å². The lowest BCUT2D eigenvalue weighted by Crippen LogP contribution is -2.32. The van der Waals surface area contributed by atoms with Gasteiger partial charge >= 0.3 is 0 Å². The summed E-state index contributed by atoms with van der Waals surface area (Å²) in [5.74, 6) is 0.986. The summed E-state index contributed by atoms with van der Waals surface area (Å²) in [4.78, 5) is 22.3. The Morgan fingerprint density at radius 1 is 1.13 bits per heavy atom. The highest BCUT2D eigenvalue weighted by Crippen LogP contribution is 2.13. The molecular weight excluding hydrogens is 388 g/mol. The summed E-state index contributed by atoms with van der Waals surface area (Å²) in [7, 11) is 0. The van der Waals surface area contributed by atoms with Crippen LogP contribution in [0.5, 0.6) is 5.75 Å². The van der Waals surface area contributed by atoms with Gasteiger partial charge < -0.3 is 34.8 Å². The Labute approximate surface area is 179 Å². The van der Waals surface area contributed by atoms with E-state index in [1.54, 1.807) is 24.3 Å². The van der Waals surface area contributed by atoms with Crippen molar-refractivity contribution < 1.29 is 28.5 Å². The van der Waals surface area contributed by atoms with Crippen LogP contribution in [-0.2, 0) is 19.0 Å². The third-order valence-electron chi connectivity index (χ3n) is 4.06. The van der Waals surface area contributed by atoms with Gasteiger partial charge in [0.05, 0.1) is 26.4 Å². The molecule has 0 saturated carbocycles. The van der Waals surface area contributed by atoms with Crippen molar-refractivity contribution in [3.63, 3.8) is 0 Å². The van der Waals surface area contributed by atoms with Crippen molar-refractivity contribution in [1.29, 1.82) is 0 Å². The largest absolute Gasteiger partial charge is 0.489 e. The van der Waals surface area contributed by atoms with Crippen molar-refractivity contribution in [2.75, 3.05) is 46.2 Å². The molecule has 0 heterocycles. The first-order valence-electron chi connectivity index (χ1n) is 10.5. The molecular formula is C22H36N2O6. The molecule has 30 heavy (non-hydrogen) atoms. The van der Waals surface area contributed by atoms with Crippen molar-refractivity contribution in [3.8, 4) is 5.75 Å². The third kappa shape index (κ3) is 13.3. The van der Waals surface area contributed by atoms with Crippen molar-refractivity contribution in [3.05, 3.63) is 29.8 Å². The van der Waals surface area contributed by atoms with E-state index in [0.717, 1.165) is 19.1 Å². The fourth-order valence-corrected chi connectivity index (χ4v) is 2.38. The lowest BCUT2D eigenvalue weighted by molar-refractivity contribution is -0.108. The summed E-state index contributed by atoms with van der Waals surface area (Å²) >= 11 is 0. The van der Waals surface area contributed by atoms with E-state index in [9.17, 15) is 9.59 Å². The Balaban J connectivity index is 2.14. The Morgan fingerprint density at radius 3 is 2.60 bits per heavy atom. The van der Waals surface area contributed by atoms with Crippen LogP contribution < -0.4 is 15.8 Å². The molecule has 8 nitrogen and oxygen atoms in total. The second-order valence-corrected chi connectivity index (χ2v) is 7.22. The highest BCUT2D eigenvalue weighted by molar-refractivity contribution is 5.94. The van der Waals surface area contributed by atoms with Gasteiger partial charge in [-0.15, -0.1) is 0 Å². The summed E-state index contributed by atoms with van der Waals surface area (Å²) in [6.07, 6.45) is 2.47. The number of carbonyl (C=O) groups excluding carboxylic acids is 2. The number of carbonyl (C=O) groups is 2. The first-order chi connectivity index (χ1) is 14.5.